The summed E-state index contributed by atoms with van der Waals surface area (Å²) in [4.78, 5) is 0. The van der Waals surface area contributed by atoms with E-state index in [9.17, 15) is 5.11 Å². The summed E-state index contributed by atoms with van der Waals surface area (Å²) < 4.78 is 5.11. The maximum Gasteiger partial charge on any atom is 0.104 e. The molecule has 0 radical (unpaired) electrons. The highest BCUT2D eigenvalue weighted by atomic mass is 16.5. The van der Waals surface area contributed by atoms with Crippen LogP contribution in [0.3, 0.4) is 0 Å². The van der Waals surface area contributed by atoms with Crippen LogP contribution in [0.15, 0.2) is 0 Å². The molecule has 3 N–H and O–H groups in total. The fourth-order valence-corrected chi connectivity index (χ4v) is 2.21. The zero-order valence-electron chi connectivity index (χ0n) is 13.3. The normalized spacial score (nSPS) is 12.8. The molecule has 0 amide bonds. The van der Waals surface area contributed by atoms with Crippen molar-refractivity contribution in [3.8, 4) is 0 Å². The zero-order chi connectivity index (χ0) is 14.9. The Labute approximate surface area is 124 Å². The van der Waals surface area contributed by atoms with Crippen molar-refractivity contribution in [1.29, 1.82) is 0 Å². The van der Waals surface area contributed by atoms with Gasteiger partial charge in [-0.05, 0) is 12.8 Å². The molecular formula is C16H35NO3. The summed E-state index contributed by atoms with van der Waals surface area (Å²) in [7, 11) is 0. The number of aliphatic hydroxyl groups excluding tert-OH is 2. The highest BCUT2D eigenvalue weighted by Gasteiger charge is 2.02. The van der Waals surface area contributed by atoms with Crippen LogP contribution in [0.5, 0.6) is 0 Å². The van der Waals surface area contributed by atoms with Gasteiger partial charge in [-0.3, -0.25) is 5.32 Å². The second-order valence-electron chi connectivity index (χ2n) is 5.42. The number of hydrogen-bond acceptors (Lipinski definition) is 4. The van der Waals surface area contributed by atoms with Gasteiger partial charge in [0.25, 0.3) is 0 Å². The van der Waals surface area contributed by atoms with E-state index in [1.54, 1.807) is 0 Å². The molecular weight excluding hydrogens is 254 g/mol. The van der Waals surface area contributed by atoms with Gasteiger partial charge in [0.1, 0.15) is 6.23 Å². The number of unbranched alkanes of at least 4 members (excludes halogenated alkanes) is 8. The Balaban J connectivity index is 3.09. The van der Waals surface area contributed by atoms with Gasteiger partial charge in [-0.2, -0.15) is 0 Å². The van der Waals surface area contributed by atoms with Crippen molar-refractivity contribution in [1.82, 2.24) is 5.32 Å². The van der Waals surface area contributed by atoms with E-state index in [0.29, 0.717) is 19.8 Å². The van der Waals surface area contributed by atoms with E-state index in [2.05, 4.69) is 12.2 Å². The first kappa shape index (κ1) is 19.8. The van der Waals surface area contributed by atoms with Gasteiger partial charge in [0, 0.05) is 6.54 Å². The summed E-state index contributed by atoms with van der Waals surface area (Å²) in [6.07, 6.45) is 12.1. The molecule has 4 heteroatoms. The molecule has 1 unspecified atom stereocenters. The van der Waals surface area contributed by atoms with E-state index in [1.807, 2.05) is 0 Å². The average molecular weight is 289 g/mol. The van der Waals surface area contributed by atoms with Crippen molar-refractivity contribution in [2.24, 2.45) is 0 Å². The first-order valence-corrected chi connectivity index (χ1v) is 8.41. The SMILES string of the molecule is CCCCCCCCCCCC(O)NCCOCCO. The predicted molar refractivity (Wildman–Crippen MR) is 83.8 cm³/mol. The van der Waals surface area contributed by atoms with Crippen LogP contribution in [0.25, 0.3) is 0 Å². The summed E-state index contributed by atoms with van der Waals surface area (Å²) in [5.41, 5.74) is 0. The lowest BCUT2D eigenvalue weighted by molar-refractivity contribution is 0.0737. The fraction of sp³-hybridized carbons (Fsp3) is 1.00. The standard InChI is InChI=1S/C16H35NO3/c1-2-3-4-5-6-7-8-9-10-11-16(19)17-12-14-20-15-13-18/h16-19H,2-15H2,1H3. The quantitative estimate of drug-likeness (QED) is 0.302. The molecule has 0 rings (SSSR count). The molecule has 0 aliphatic rings. The highest BCUT2D eigenvalue weighted by molar-refractivity contribution is 4.55. The third-order valence-electron chi connectivity index (χ3n) is 3.44. The van der Waals surface area contributed by atoms with Crippen molar-refractivity contribution < 1.29 is 14.9 Å². The maximum absolute atomic E-state index is 9.69. The van der Waals surface area contributed by atoms with Crippen molar-refractivity contribution in [3.05, 3.63) is 0 Å². The molecule has 0 spiro atoms. The Hall–Kier alpha value is -0.160. The monoisotopic (exact) mass is 289 g/mol. The highest BCUT2D eigenvalue weighted by Crippen LogP contribution is 2.10. The molecule has 1 atom stereocenters. The van der Waals surface area contributed by atoms with E-state index in [1.165, 1.54) is 51.4 Å². The first-order valence-electron chi connectivity index (χ1n) is 8.41. The zero-order valence-corrected chi connectivity index (χ0v) is 13.3. The smallest absolute Gasteiger partial charge is 0.104 e. The molecule has 0 bridgehead atoms. The molecule has 0 saturated heterocycles. The minimum absolute atomic E-state index is 0.0565. The van der Waals surface area contributed by atoms with Gasteiger partial charge in [-0.1, -0.05) is 58.3 Å². The van der Waals surface area contributed by atoms with Gasteiger partial charge in [0.15, 0.2) is 0 Å². The number of nitrogens with one attached hydrogen (secondary N) is 1. The molecule has 0 aromatic rings. The Bertz CT molecular complexity index is 179. The van der Waals surface area contributed by atoms with Crippen LogP contribution in [0.4, 0.5) is 0 Å². The van der Waals surface area contributed by atoms with Crippen LogP contribution in [0.1, 0.15) is 71.1 Å². The Morgan fingerprint density at radius 3 is 2.10 bits per heavy atom. The van der Waals surface area contributed by atoms with Crippen LogP contribution < -0.4 is 5.32 Å². The molecule has 122 valence electrons. The van der Waals surface area contributed by atoms with Crippen molar-refractivity contribution in [3.63, 3.8) is 0 Å². The second-order valence-corrected chi connectivity index (χ2v) is 5.42. The lowest BCUT2D eigenvalue weighted by Crippen LogP contribution is -2.31. The van der Waals surface area contributed by atoms with Gasteiger partial charge in [-0.25, -0.2) is 0 Å². The van der Waals surface area contributed by atoms with Crippen LogP contribution in [0, 0.1) is 0 Å². The fourth-order valence-electron chi connectivity index (χ4n) is 2.21. The number of aliphatic hydroxyl groups is 2. The van der Waals surface area contributed by atoms with Crippen LogP contribution in [0.2, 0.25) is 0 Å². The summed E-state index contributed by atoms with van der Waals surface area (Å²) in [5.74, 6) is 0. The van der Waals surface area contributed by atoms with Gasteiger partial charge in [0.05, 0.1) is 19.8 Å². The summed E-state index contributed by atoms with van der Waals surface area (Å²) in [5, 5.41) is 21.2. The number of ether oxygens (including phenoxy) is 1. The molecule has 0 heterocycles. The Morgan fingerprint density at radius 1 is 0.900 bits per heavy atom. The third kappa shape index (κ3) is 15.9. The van der Waals surface area contributed by atoms with E-state index in [0.717, 1.165) is 12.8 Å². The summed E-state index contributed by atoms with van der Waals surface area (Å²) in [6.45, 7) is 3.85. The van der Waals surface area contributed by atoms with Gasteiger partial charge in [0.2, 0.25) is 0 Å². The first-order chi connectivity index (χ1) is 9.81. The van der Waals surface area contributed by atoms with Gasteiger partial charge < -0.3 is 14.9 Å². The number of hydrogen-bond donors (Lipinski definition) is 3. The van der Waals surface area contributed by atoms with Crippen molar-refractivity contribution in [2.75, 3.05) is 26.4 Å². The second kappa shape index (κ2) is 16.9. The minimum Gasteiger partial charge on any atom is -0.394 e. The molecule has 4 nitrogen and oxygen atoms in total. The predicted octanol–water partition coefficient (Wildman–Crippen LogP) is 2.82. The van der Waals surface area contributed by atoms with E-state index < -0.39 is 6.23 Å². The van der Waals surface area contributed by atoms with Crippen LogP contribution in [-0.2, 0) is 4.74 Å². The molecule has 20 heavy (non-hydrogen) atoms. The third-order valence-corrected chi connectivity index (χ3v) is 3.44. The lowest BCUT2D eigenvalue weighted by Gasteiger charge is -2.12. The molecule has 0 aromatic carbocycles. The average Bonchev–Trinajstić information content (AvgIpc) is 2.45. The van der Waals surface area contributed by atoms with Gasteiger partial charge >= 0.3 is 0 Å². The Morgan fingerprint density at radius 2 is 1.50 bits per heavy atom. The Kier molecular flexibility index (Phi) is 16.8. The maximum atomic E-state index is 9.69. The van der Waals surface area contributed by atoms with E-state index >= 15 is 0 Å². The largest absolute Gasteiger partial charge is 0.394 e. The van der Waals surface area contributed by atoms with Crippen LogP contribution in [-0.4, -0.2) is 42.8 Å². The summed E-state index contributed by atoms with van der Waals surface area (Å²) in [6, 6.07) is 0. The van der Waals surface area contributed by atoms with Crippen molar-refractivity contribution >= 4 is 0 Å². The van der Waals surface area contributed by atoms with E-state index in [-0.39, 0.29) is 6.61 Å². The molecule has 0 fully saturated rings. The van der Waals surface area contributed by atoms with Gasteiger partial charge in [-0.15, -0.1) is 0 Å². The molecule has 0 aromatic heterocycles. The number of rotatable bonds is 16. The topological polar surface area (TPSA) is 61.7 Å². The van der Waals surface area contributed by atoms with Crippen LogP contribution >= 0.6 is 0 Å². The van der Waals surface area contributed by atoms with Crippen molar-refractivity contribution in [2.45, 2.75) is 77.4 Å². The minimum atomic E-state index is -0.419. The van der Waals surface area contributed by atoms with E-state index in [4.69, 9.17) is 9.84 Å². The lowest BCUT2D eigenvalue weighted by atomic mass is 10.1. The molecule has 0 aliphatic heterocycles. The summed E-state index contributed by atoms with van der Waals surface area (Å²) >= 11 is 0. The molecule has 0 aliphatic carbocycles. The molecule has 0 saturated carbocycles.